The van der Waals surface area contributed by atoms with Crippen LogP contribution in [-0.2, 0) is 14.3 Å². The number of rotatable bonds is 4. The summed E-state index contributed by atoms with van der Waals surface area (Å²) in [4.78, 5) is 28.8. The summed E-state index contributed by atoms with van der Waals surface area (Å²) in [7, 11) is 3.34. The van der Waals surface area contributed by atoms with Gasteiger partial charge in [-0.05, 0) is 12.5 Å². The first-order valence-electron chi connectivity index (χ1n) is 7.20. The van der Waals surface area contributed by atoms with E-state index in [0.717, 1.165) is 11.3 Å². The van der Waals surface area contributed by atoms with Gasteiger partial charge in [-0.1, -0.05) is 42.2 Å². The molecule has 1 aromatic rings. The Morgan fingerprint density at radius 2 is 1.96 bits per heavy atom. The average molecular weight is 348 g/mol. The zero-order chi connectivity index (χ0) is 16.6. The maximum atomic E-state index is 12.7. The van der Waals surface area contributed by atoms with Crippen molar-refractivity contribution in [2.75, 3.05) is 32.2 Å². The fraction of sp³-hybridized carbons (Fsp3) is 0.312. The number of ether oxygens (including phenoxy) is 1. The van der Waals surface area contributed by atoms with Gasteiger partial charge >= 0.3 is 0 Å². The molecule has 3 rings (SSSR count). The fourth-order valence-electron chi connectivity index (χ4n) is 2.70. The molecule has 1 aromatic carbocycles. The second-order valence-corrected chi connectivity index (χ2v) is 6.90. The minimum atomic E-state index is -0.190. The van der Waals surface area contributed by atoms with Gasteiger partial charge in [0.25, 0.3) is 11.8 Å². The molecule has 120 valence electrons. The minimum absolute atomic E-state index is 0.163. The predicted molar refractivity (Wildman–Crippen MR) is 95.2 cm³/mol. The molecule has 5 nitrogen and oxygen atoms in total. The first-order chi connectivity index (χ1) is 11.1. The van der Waals surface area contributed by atoms with Gasteiger partial charge in [0.15, 0.2) is 0 Å². The van der Waals surface area contributed by atoms with Gasteiger partial charge in [0, 0.05) is 32.9 Å². The zero-order valence-corrected chi connectivity index (χ0v) is 14.5. The Morgan fingerprint density at radius 3 is 2.70 bits per heavy atom. The Bertz CT molecular complexity index is 730. The van der Waals surface area contributed by atoms with Crippen LogP contribution in [0, 0.1) is 0 Å². The lowest BCUT2D eigenvalue weighted by atomic mass is 10.1. The number of benzene rings is 1. The summed E-state index contributed by atoms with van der Waals surface area (Å²) in [6.07, 6.45) is 0.704. The summed E-state index contributed by atoms with van der Waals surface area (Å²) in [5.41, 5.74) is 2.06. The molecule has 0 unspecified atom stereocenters. The van der Waals surface area contributed by atoms with Crippen LogP contribution < -0.4 is 4.90 Å². The second kappa shape index (κ2) is 6.43. The number of thioether (sulfide) groups is 1. The normalized spacial score (nSPS) is 20.7. The number of hydrogen-bond acceptors (Lipinski definition) is 5. The van der Waals surface area contributed by atoms with Gasteiger partial charge in [-0.3, -0.25) is 14.5 Å². The summed E-state index contributed by atoms with van der Waals surface area (Å²) in [6.45, 7) is 1.06. The van der Waals surface area contributed by atoms with Gasteiger partial charge in [-0.25, -0.2) is 0 Å². The van der Waals surface area contributed by atoms with E-state index in [0.29, 0.717) is 34.4 Å². The molecule has 0 N–H and O–H groups in total. The second-order valence-electron chi connectivity index (χ2n) is 5.26. The van der Waals surface area contributed by atoms with Crippen LogP contribution in [0.3, 0.4) is 0 Å². The number of hydrogen-bond donors (Lipinski definition) is 0. The van der Waals surface area contributed by atoms with Gasteiger partial charge in [0.2, 0.25) is 0 Å². The van der Waals surface area contributed by atoms with E-state index in [1.165, 1.54) is 11.8 Å². The molecule has 0 radical (unpaired) electrons. The van der Waals surface area contributed by atoms with Crippen molar-refractivity contribution in [3.63, 3.8) is 0 Å². The monoisotopic (exact) mass is 348 g/mol. The molecule has 7 heteroatoms. The van der Waals surface area contributed by atoms with Gasteiger partial charge in [0.05, 0.1) is 16.2 Å². The molecule has 23 heavy (non-hydrogen) atoms. The standard InChI is InChI=1S/C16H16N2O3S2/c1-17-11-7-4-3-6-10(11)12(14(17)19)13-15(20)18(16(22)23-13)8-5-9-21-2/h3-4,6-7H,5,8-9H2,1-2H3/b13-12-. The molecule has 2 aliphatic heterocycles. The number of carbonyl (C=O) groups is 2. The average Bonchev–Trinajstić information content (AvgIpc) is 2.96. The molecule has 0 aromatic heterocycles. The van der Waals surface area contributed by atoms with Gasteiger partial charge in [-0.2, -0.15) is 0 Å². The summed E-state index contributed by atoms with van der Waals surface area (Å²) < 4.78 is 5.51. The maximum Gasteiger partial charge on any atom is 0.267 e. The third kappa shape index (κ3) is 2.69. The van der Waals surface area contributed by atoms with Crippen molar-refractivity contribution in [2.24, 2.45) is 0 Å². The topological polar surface area (TPSA) is 49.9 Å². The molecule has 2 heterocycles. The lowest BCUT2D eigenvalue weighted by Gasteiger charge is -2.13. The Kier molecular flexibility index (Phi) is 4.52. The summed E-state index contributed by atoms with van der Waals surface area (Å²) >= 11 is 6.52. The van der Waals surface area contributed by atoms with Crippen LogP contribution in [0.2, 0.25) is 0 Å². The Morgan fingerprint density at radius 1 is 1.22 bits per heavy atom. The van der Waals surface area contributed by atoms with Crippen LogP contribution in [0.5, 0.6) is 0 Å². The van der Waals surface area contributed by atoms with Crippen LogP contribution in [0.15, 0.2) is 29.2 Å². The fourth-order valence-corrected chi connectivity index (χ4v) is 4.08. The van der Waals surface area contributed by atoms with E-state index in [1.807, 2.05) is 24.3 Å². The van der Waals surface area contributed by atoms with E-state index >= 15 is 0 Å². The number of nitrogens with zero attached hydrogens (tertiary/aromatic N) is 2. The number of anilines is 1. The van der Waals surface area contributed by atoms with Crippen molar-refractivity contribution in [2.45, 2.75) is 6.42 Å². The van der Waals surface area contributed by atoms with E-state index in [1.54, 1.807) is 24.0 Å². The van der Waals surface area contributed by atoms with Crippen LogP contribution >= 0.6 is 24.0 Å². The number of para-hydroxylation sites is 1. The third-order valence-corrected chi connectivity index (χ3v) is 5.31. The molecule has 2 aliphatic rings. The van der Waals surface area contributed by atoms with E-state index in [4.69, 9.17) is 17.0 Å². The number of likely N-dealkylation sites (N-methyl/N-ethyl adjacent to an activating group) is 1. The number of amides is 2. The van der Waals surface area contributed by atoms with Gasteiger partial charge in [-0.15, -0.1) is 0 Å². The van der Waals surface area contributed by atoms with Crippen LogP contribution in [-0.4, -0.2) is 48.3 Å². The van der Waals surface area contributed by atoms with Crippen LogP contribution in [0.1, 0.15) is 12.0 Å². The summed E-state index contributed by atoms with van der Waals surface area (Å²) in [5.74, 6) is -0.354. The quantitative estimate of drug-likeness (QED) is 0.475. The van der Waals surface area contributed by atoms with Crippen molar-refractivity contribution < 1.29 is 14.3 Å². The maximum absolute atomic E-state index is 12.7. The highest BCUT2D eigenvalue weighted by molar-refractivity contribution is 8.26. The SMILES string of the molecule is COCCCN1C(=O)/C(=C2/C(=O)N(C)c3ccccc32)SC1=S. The zero-order valence-electron chi connectivity index (χ0n) is 12.9. The van der Waals surface area contributed by atoms with Crippen molar-refractivity contribution in [3.8, 4) is 0 Å². The Labute approximate surface area is 144 Å². The minimum Gasteiger partial charge on any atom is -0.385 e. The molecule has 0 aliphatic carbocycles. The van der Waals surface area contributed by atoms with Gasteiger partial charge in [0.1, 0.15) is 4.32 Å². The number of thiocarbonyl (C=S) groups is 1. The Balaban J connectivity index is 1.98. The van der Waals surface area contributed by atoms with Crippen LogP contribution in [0.25, 0.3) is 5.57 Å². The van der Waals surface area contributed by atoms with E-state index < -0.39 is 0 Å². The van der Waals surface area contributed by atoms with Gasteiger partial charge < -0.3 is 9.64 Å². The summed E-state index contributed by atoms with van der Waals surface area (Å²) in [6, 6.07) is 7.48. The molecule has 1 saturated heterocycles. The molecule has 0 bridgehead atoms. The summed E-state index contributed by atoms with van der Waals surface area (Å²) in [5, 5.41) is 0. The third-order valence-electron chi connectivity index (χ3n) is 3.86. The predicted octanol–water partition coefficient (Wildman–Crippen LogP) is 2.27. The highest BCUT2D eigenvalue weighted by Gasteiger charge is 2.40. The van der Waals surface area contributed by atoms with E-state index in [2.05, 4.69) is 0 Å². The Hall–Kier alpha value is -1.70. The highest BCUT2D eigenvalue weighted by atomic mass is 32.2. The molecule has 0 spiro atoms. The number of carbonyl (C=O) groups excluding carboxylic acids is 2. The molecule has 2 amide bonds. The van der Waals surface area contributed by atoms with Crippen molar-refractivity contribution >= 4 is 51.4 Å². The smallest absolute Gasteiger partial charge is 0.267 e. The van der Waals surface area contributed by atoms with E-state index in [9.17, 15) is 9.59 Å². The lowest BCUT2D eigenvalue weighted by molar-refractivity contribution is -0.122. The van der Waals surface area contributed by atoms with Crippen LogP contribution in [0.4, 0.5) is 5.69 Å². The molecule has 0 saturated carbocycles. The molecular weight excluding hydrogens is 332 g/mol. The largest absolute Gasteiger partial charge is 0.385 e. The lowest BCUT2D eigenvalue weighted by Crippen LogP contribution is -2.30. The van der Waals surface area contributed by atoms with Crippen molar-refractivity contribution in [1.82, 2.24) is 4.90 Å². The first-order valence-corrected chi connectivity index (χ1v) is 8.43. The molecular formula is C16H16N2O3S2. The number of methoxy groups -OCH3 is 1. The first kappa shape index (κ1) is 16.2. The molecule has 0 atom stereocenters. The molecule has 1 fully saturated rings. The van der Waals surface area contributed by atoms with Crippen molar-refractivity contribution in [3.05, 3.63) is 34.7 Å². The number of fused-ring (bicyclic) bond motifs is 1. The van der Waals surface area contributed by atoms with E-state index in [-0.39, 0.29) is 11.8 Å². The van der Waals surface area contributed by atoms with Crippen molar-refractivity contribution in [1.29, 1.82) is 0 Å². The highest BCUT2D eigenvalue weighted by Crippen LogP contribution is 2.43.